The summed E-state index contributed by atoms with van der Waals surface area (Å²) in [5, 5.41) is 8.19. The van der Waals surface area contributed by atoms with E-state index in [4.69, 9.17) is 0 Å². The highest BCUT2D eigenvalue weighted by Crippen LogP contribution is 2.24. The lowest BCUT2D eigenvalue weighted by Gasteiger charge is -2.14. The van der Waals surface area contributed by atoms with E-state index in [1.807, 2.05) is 18.2 Å². The minimum absolute atomic E-state index is 0.352. The van der Waals surface area contributed by atoms with Crippen molar-refractivity contribution < 1.29 is 9.59 Å². The van der Waals surface area contributed by atoms with Gasteiger partial charge in [-0.1, -0.05) is 18.2 Å². The van der Waals surface area contributed by atoms with E-state index in [1.54, 1.807) is 43.6 Å². The number of nitrogens with zero attached hydrogens (tertiary/aromatic N) is 3. The second-order valence-corrected chi connectivity index (χ2v) is 4.89. The first kappa shape index (κ1) is 13.9. The third kappa shape index (κ3) is 2.58. The van der Waals surface area contributed by atoms with Gasteiger partial charge in [-0.3, -0.25) is 14.6 Å². The van der Waals surface area contributed by atoms with E-state index < -0.39 is 11.8 Å². The maximum absolute atomic E-state index is 12.5. The molecule has 2 aromatic rings. The van der Waals surface area contributed by atoms with Crippen LogP contribution in [0.3, 0.4) is 0 Å². The number of carbonyl (C=O) groups is 2. The molecule has 110 valence electrons. The van der Waals surface area contributed by atoms with E-state index in [9.17, 15) is 9.59 Å². The van der Waals surface area contributed by atoms with Gasteiger partial charge < -0.3 is 5.32 Å². The highest BCUT2D eigenvalue weighted by atomic mass is 16.2. The van der Waals surface area contributed by atoms with E-state index in [2.05, 4.69) is 15.4 Å². The molecule has 0 aliphatic carbocycles. The Kier molecular flexibility index (Phi) is 3.65. The average molecular weight is 294 g/mol. The second kappa shape index (κ2) is 5.77. The smallest absolute Gasteiger partial charge is 0.265 e. The molecule has 0 saturated heterocycles. The van der Waals surface area contributed by atoms with Crippen molar-refractivity contribution in [2.24, 2.45) is 11.0 Å². The highest BCUT2D eigenvalue weighted by molar-refractivity contribution is 6.28. The molecule has 0 bridgehead atoms. The van der Waals surface area contributed by atoms with Gasteiger partial charge in [0, 0.05) is 18.1 Å². The summed E-state index contributed by atoms with van der Waals surface area (Å²) >= 11 is 0. The van der Waals surface area contributed by atoms with Crippen LogP contribution in [0.4, 0.5) is 11.4 Å². The summed E-state index contributed by atoms with van der Waals surface area (Å²) in [6.45, 7) is 1.68. The fourth-order valence-corrected chi connectivity index (χ4v) is 2.27. The summed E-state index contributed by atoms with van der Waals surface area (Å²) < 4.78 is 0. The van der Waals surface area contributed by atoms with Crippen molar-refractivity contribution in [1.82, 2.24) is 4.98 Å². The molecule has 3 rings (SSSR count). The lowest BCUT2D eigenvalue weighted by atomic mass is 10.0. The van der Waals surface area contributed by atoms with E-state index in [1.165, 1.54) is 5.01 Å². The number of anilines is 2. The van der Waals surface area contributed by atoms with Gasteiger partial charge >= 0.3 is 0 Å². The number of pyridine rings is 1. The lowest BCUT2D eigenvalue weighted by Crippen LogP contribution is -2.36. The molecule has 1 unspecified atom stereocenters. The number of hydrogen-bond acceptors (Lipinski definition) is 4. The van der Waals surface area contributed by atoms with Crippen LogP contribution in [0.25, 0.3) is 0 Å². The van der Waals surface area contributed by atoms with Crippen molar-refractivity contribution in [3.63, 3.8) is 0 Å². The Balaban J connectivity index is 1.80. The molecule has 1 aliphatic rings. The molecular formula is C16H14N4O2. The fourth-order valence-electron chi connectivity index (χ4n) is 2.27. The molecule has 1 N–H and O–H groups in total. The van der Waals surface area contributed by atoms with Crippen LogP contribution < -0.4 is 10.3 Å². The number of hydrogen-bond donors (Lipinski definition) is 1. The number of carbonyl (C=O) groups excluding carboxylic acids is 2. The van der Waals surface area contributed by atoms with Crippen LogP contribution in [0.5, 0.6) is 0 Å². The molecule has 0 saturated carbocycles. The Hall–Kier alpha value is -3.02. The van der Waals surface area contributed by atoms with Gasteiger partial charge in [0.1, 0.15) is 0 Å². The Morgan fingerprint density at radius 3 is 2.50 bits per heavy atom. The lowest BCUT2D eigenvalue weighted by molar-refractivity contribution is -0.127. The van der Waals surface area contributed by atoms with Gasteiger partial charge in [0.05, 0.1) is 11.4 Å². The third-order valence-electron chi connectivity index (χ3n) is 3.34. The zero-order valence-electron chi connectivity index (χ0n) is 11.9. The van der Waals surface area contributed by atoms with Crippen LogP contribution in [0.1, 0.15) is 6.92 Å². The molecule has 0 spiro atoms. The minimum atomic E-state index is -0.909. The topological polar surface area (TPSA) is 74.7 Å². The summed E-state index contributed by atoms with van der Waals surface area (Å²) in [4.78, 5) is 28.7. The number of amides is 2. The van der Waals surface area contributed by atoms with Crippen molar-refractivity contribution in [3.8, 4) is 0 Å². The van der Waals surface area contributed by atoms with Crippen molar-refractivity contribution in [3.05, 3.63) is 54.9 Å². The zero-order valence-corrected chi connectivity index (χ0v) is 11.9. The number of nitrogens with one attached hydrogen (secondary N) is 1. The van der Waals surface area contributed by atoms with Gasteiger partial charge in [0.2, 0.25) is 5.91 Å². The first-order valence-corrected chi connectivity index (χ1v) is 6.82. The van der Waals surface area contributed by atoms with Gasteiger partial charge in [-0.15, -0.1) is 0 Å². The van der Waals surface area contributed by atoms with Crippen LogP contribution in [0, 0.1) is 5.92 Å². The Morgan fingerprint density at radius 1 is 1.14 bits per heavy atom. The first-order valence-electron chi connectivity index (χ1n) is 6.82. The third-order valence-corrected chi connectivity index (χ3v) is 3.34. The van der Waals surface area contributed by atoms with Gasteiger partial charge in [-0.2, -0.15) is 10.1 Å². The minimum Gasteiger partial charge on any atom is -0.325 e. The van der Waals surface area contributed by atoms with E-state index in [-0.39, 0.29) is 5.91 Å². The standard InChI is InChI=1S/C16H14N4O2/c1-11-14(15(21)18-12-7-9-17-10-8-12)16(22)20(19-11)13-5-3-2-4-6-13/h2-10,14H,1H3,(H,17,18,21). The molecule has 1 aromatic carbocycles. The molecule has 6 heteroatoms. The van der Waals surface area contributed by atoms with Crippen LogP contribution in [-0.4, -0.2) is 22.5 Å². The molecule has 1 atom stereocenters. The van der Waals surface area contributed by atoms with Crippen molar-refractivity contribution >= 4 is 28.9 Å². The first-order chi connectivity index (χ1) is 10.7. The molecule has 1 aliphatic heterocycles. The normalized spacial score (nSPS) is 17.3. The SMILES string of the molecule is CC1=NN(c2ccccc2)C(=O)C1C(=O)Nc1ccncc1. The molecule has 6 nitrogen and oxygen atoms in total. The molecule has 22 heavy (non-hydrogen) atoms. The molecule has 0 radical (unpaired) electrons. The van der Waals surface area contributed by atoms with Gasteiger partial charge in [-0.05, 0) is 31.2 Å². The number of rotatable bonds is 3. The van der Waals surface area contributed by atoms with Crippen molar-refractivity contribution in [2.45, 2.75) is 6.92 Å². The second-order valence-electron chi connectivity index (χ2n) is 4.89. The molecular weight excluding hydrogens is 280 g/mol. The van der Waals surface area contributed by atoms with E-state index in [0.717, 1.165) is 0 Å². The maximum Gasteiger partial charge on any atom is 0.265 e. The maximum atomic E-state index is 12.5. The van der Waals surface area contributed by atoms with Gasteiger partial charge in [0.25, 0.3) is 5.91 Å². The number of para-hydroxylation sites is 1. The quantitative estimate of drug-likeness (QED) is 0.880. The van der Waals surface area contributed by atoms with Crippen LogP contribution in [-0.2, 0) is 9.59 Å². The predicted octanol–water partition coefficient (Wildman–Crippen LogP) is 2.06. The summed E-state index contributed by atoms with van der Waals surface area (Å²) in [7, 11) is 0. The summed E-state index contributed by atoms with van der Waals surface area (Å²) in [6, 6.07) is 12.4. The number of benzene rings is 1. The highest BCUT2D eigenvalue weighted by Gasteiger charge is 2.39. The largest absolute Gasteiger partial charge is 0.325 e. The number of hydrazone groups is 1. The fraction of sp³-hybridized carbons (Fsp3) is 0.125. The molecule has 0 fully saturated rings. The molecule has 2 amide bonds. The van der Waals surface area contributed by atoms with E-state index >= 15 is 0 Å². The summed E-state index contributed by atoms with van der Waals surface area (Å²) in [6.07, 6.45) is 3.15. The molecule has 1 aromatic heterocycles. The molecule has 2 heterocycles. The Morgan fingerprint density at radius 2 is 1.82 bits per heavy atom. The predicted molar refractivity (Wildman–Crippen MR) is 83.4 cm³/mol. The van der Waals surface area contributed by atoms with Crippen LogP contribution in [0.2, 0.25) is 0 Å². The Labute approximate surface area is 127 Å². The zero-order chi connectivity index (χ0) is 15.5. The monoisotopic (exact) mass is 294 g/mol. The van der Waals surface area contributed by atoms with Crippen molar-refractivity contribution in [1.29, 1.82) is 0 Å². The number of aromatic nitrogens is 1. The van der Waals surface area contributed by atoms with Crippen molar-refractivity contribution in [2.75, 3.05) is 10.3 Å². The summed E-state index contributed by atoms with van der Waals surface area (Å²) in [5.74, 6) is -1.65. The average Bonchev–Trinajstić information content (AvgIpc) is 2.84. The summed E-state index contributed by atoms with van der Waals surface area (Å²) in [5.41, 5.74) is 1.71. The van der Waals surface area contributed by atoms with Crippen LogP contribution in [0.15, 0.2) is 60.0 Å². The van der Waals surface area contributed by atoms with Gasteiger partial charge in [0.15, 0.2) is 5.92 Å². The van der Waals surface area contributed by atoms with Gasteiger partial charge in [-0.25, -0.2) is 0 Å². The van der Waals surface area contributed by atoms with Crippen LogP contribution >= 0.6 is 0 Å². The van der Waals surface area contributed by atoms with E-state index in [0.29, 0.717) is 17.1 Å². The Bertz CT molecular complexity index is 728.